The fourth-order valence-electron chi connectivity index (χ4n) is 4.09. The maximum atomic E-state index is 12.6. The Labute approximate surface area is 148 Å². The molecule has 7 nitrogen and oxygen atoms in total. The largest absolute Gasteiger partial charge is 0.336 e. The van der Waals surface area contributed by atoms with Crippen LogP contribution in [0.5, 0.6) is 0 Å². The summed E-state index contributed by atoms with van der Waals surface area (Å²) in [4.78, 5) is 40.3. The maximum Gasteiger partial charge on any atom is 0.244 e. The number of carbonyl (C=O) groups excluding carboxylic acids is 3. The van der Waals surface area contributed by atoms with Crippen molar-refractivity contribution in [3.63, 3.8) is 0 Å². The van der Waals surface area contributed by atoms with E-state index >= 15 is 0 Å². The van der Waals surface area contributed by atoms with Crippen molar-refractivity contribution >= 4 is 17.6 Å². The fraction of sp³-hybridized carbons (Fsp3) is 0.667. The van der Waals surface area contributed by atoms with E-state index in [4.69, 9.17) is 0 Å². The van der Waals surface area contributed by atoms with E-state index in [1.54, 1.807) is 23.4 Å². The maximum absolute atomic E-state index is 12.6. The van der Waals surface area contributed by atoms with Gasteiger partial charge in [0.1, 0.15) is 6.54 Å². The second kappa shape index (κ2) is 6.98. The molecule has 0 atom stereocenters. The molecule has 0 spiro atoms. The van der Waals surface area contributed by atoms with Crippen LogP contribution in [0.4, 0.5) is 0 Å². The number of rotatable bonds is 4. The zero-order chi connectivity index (χ0) is 18.1. The van der Waals surface area contributed by atoms with Crippen LogP contribution in [-0.4, -0.2) is 62.9 Å². The minimum Gasteiger partial charge on any atom is -0.336 e. The highest BCUT2D eigenvalue weighted by Crippen LogP contribution is 2.25. The van der Waals surface area contributed by atoms with E-state index in [1.165, 1.54) is 19.8 Å². The van der Waals surface area contributed by atoms with Gasteiger partial charge in [-0.2, -0.15) is 5.10 Å². The third-order valence-electron chi connectivity index (χ3n) is 5.39. The first-order valence-electron chi connectivity index (χ1n) is 9.00. The molecule has 25 heavy (non-hydrogen) atoms. The van der Waals surface area contributed by atoms with Crippen molar-refractivity contribution in [3.05, 3.63) is 17.0 Å². The lowest BCUT2D eigenvalue weighted by Crippen LogP contribution is -2.55. The molecule has 0 aromatic carbocycles. The molecule has 0 radical (unpaired) electrons. The van der Waals surface area contributed by atoms with Crippen LogP contribution in [0.25, 0.3) is 0 Å². The highest BCUT2D eigenvalue weighted by molar-refractivity contribution is 5.96. The molecule has 0 N–H and O–H groups in total. The van der Waals surface area contributed by atoms with Gasteiger partial charge in [0.15, 0.2) is 5.78 Å². The summed E-state index contributed by atoms with van der Waals surface area (Å²) in [7, 11) is 0. The first-order chi connectivity index (χ1) is 11.9. The van der Waals surface area contributed by atoms with Gasteiger partial charge in [-0.25, -0.2) is 0 Å². The summed E-state index contributed by atoms with van der Waals surface area (Å²) >= 11 is 0. The van der Waals surface area contributed by atoms with Gasteiger partial charge >= 0.3 is 0 Å². The molecule has 1 aromatic heterocycles. The van der Waals surface area contributed by atoms with Gasteiger partial charge in [-0.1, -0.05) is 12.8 Å². The Morgan fingerprint density at radius 2 is 1.84 bits per heavy atom. The summed E-state index contributed by atoms with van der Waals surface area (Å²) in [5, 5.41) is 4.32. The summed E-state index contributed by atoms with van der Waals surface area (Å²) < 4.78 is 1.57. The molecular weight excluding hydrogens is 320 g/mol. The quantitative estimate of drug-likeness (QED) is 0.771. The van der Waals surface area contributed by atoms with Crippen molar-refractivity contribution in [1.29, 1.82) is 0 Å². The minimum absolute atomic E-state index is 0.0456. The van der Waals surface area contributed by atoms with Crippen LogP contribution in [0.2, 0.25) is 0 Å². The van der Waals surface area contributed by atoms with Crippen molar-refractivity contribution in [3.8, 4) is 0 Å². The average Bonchev–Trinajstić information content (AvgIpc) is 3.16. The second-order valence-electron chi connectivity index (χ2n) is 7.10. The zero-order valence-corrected chi connectivity index (χ0v) is 15.2. The Hall–Kier alpha value is -2.18. The molecule has 2 aliphatic rings. The standard InChI is InChI=1S/C18H26N4O3/c1-12-18(14(3)23)13(2)22(19-12)11-16(24)20-8-9-21(17(25)10-20)15-6-4-5-7-15/h15H,4-11H2,1-3H3. The number of piperazine rings is 1. The lowest BCUT2D eigenvalue weighted by Gasteiger charge is -2.37. The van der Waals surface area contributed by atoms with E-state index in [2.05, 4.69) is 5.10 Å². The van der Waals surface area contributed by atoms with Crippen molar-refractivity contribution in [1.82, 2.24) is 19.6 Å². The van der Waals surface area contributed by atoms with Crippen molar-refractivity contribution in [2.24, 2.45) is 0 Å². The third-order valence-corrected chi connectivity index (χ3v) is 5.39. The van der Waals surface area contributed by atoms with Crippen LogP contribution in [0, 0.1) is 13.8 Å². The van der Waals surface area contributed by atoms with Gasteiger partial charge in [0.25, 0.3) is 0 Å². The predicted octanol–water partition coefficient (Wildman–Crippen LogP) is 1.32. The smallest absolute Gasteiger partial charge is 0.244 e. The van der Waals surface area contributed by atoms with Gasteiger partial charge in [-0.05, 0) is 33.6 Å². The van der Waals surface area contributed by atoms with Crippen LogP contribution in [0.15, 0.2) is 0 Å². The molecule has 0 bridgehead atoms. The molecule has 136 valence electrons. The predicted molar refractivity (Wildman–Crippen MR) is 92.3 cm³/mol. The molecule has 7 heteroatoms. The first-order valence-corrected chi connectivity index (χ1v) is 9.00. The van der Waals surface area contributed by atoms with Crippen LogP contribution < -0.4 is 0 Å². The molecule has 2 amide bonds. The lowest BCUT2D eigenvalue weighted by molar-refractivity contribution is -0.147. The summed E-state index contributed by atoms with van der Waals surface area (Å²) in [6, 6.07) is 0.360. The molecule has 1 aliphatic heterocycles. The van der Waals surface area contributed by atoms with Crippen molar-refractivity contribution in [2.75, 3.05) is 19.6 Å². The Balaban J connectivity index is 1.64. The normalized spacial score (nSPS) is 18.9. The molecular formula is C18H26N4O3. The number of Topliss-reactive ketones (excluding diaryl/α,β-unsaturated/α-hetero) is 1. The topological polar surface area (TPSA) is 75.5 Å². The van der Waals surface area contributed by atoms with E-state index in [0.29, 0.717) is 36.1 Å². The number of aromatic nitrogens is 2. The Morgan fingerprint density at radius 3 is 2.40 bits per heavy atom. The van der Waals surface area contributed by atoms with Crippen molar-refractivity contribution < 1.29 is 14.4 Å². The first kappa shape index (κ1) is 17.6. The van der Waals surface area contributed by atoms with Crippen molar-refractivity contribution in [2.45, 2.75) is 59.0 Å². The Bertz CT molecular complexity index is 703. The Morgan fingerprint density at radius 1 is 1.16 bits per heavy atom. The highest BCUT2D eigenvalue weighted by Gasteiger charge is 2.33. The molecule has 1 saturated heterocycles. The zero-order valence-electron chi connectivity index (χ0n) is 15.2. The number of aryl methyl sites for hydroxylation is 1. The molecule has 1 saturated carbocycles. The molecule has 0 unspecified atom stereocenters. The van der Waals surface area contributed by atoms with Gasteiger partial charge in [0, 0.05) is 24.8 Å². The number of nitrogens with zero attached hydrogens (tertiary/aromatic N) is 4. The summed E-state index contributed by atoms with van der Waals surface area (Å²) in [6.07, 6.45) is 4.54. The average molecular weight is 346 g/mol. The summed E-state index contributed by atoms with van der Waals surface area (Å²) in [5.74, 6) is -0.126. The molecule has 2 fully saturated rings. The van der Waals surface area contributed by atoms with Crippen LogP contribution in [0.3, 0.4) is 0 Å². The monoisotopic (exact) mass is 346 g/mol. The number of carbonyl (C=O) groups is 3. The lowest BCUT2D eigenvalue weighted by atomic mass is 10.1. The molecule has 3 rings (SSSR count). The van der Waals surface area contributed by atoms with Gasteiger partial charge in [0.2, 0.25) is 11.8 Å². The molecule has 2 heterocycles. The van der Waals surface area contributed by atoms with E-state index < -0.39 is 0 Å². The van der Waals surface area contributed by atoms with E-state index in [9.17, 15) is 14.4 Å². The van der Waals surface area contributed by atoms with Gasteiger partial charge in [0.05, 0.1) is 17.8 Å². The van der Waals surface area contributed by atoms with E-state index in [0.717, 1.165) is 12.8 Å². The SMILES string of the molecule is CC(=O)c1c(C)nn(CC(=O)N2CCN(C3CCCC3)C(=O)C2)c1C. The van der Waals surface area contributed by atoms with Gasteiger partial charge in [-0.3, -0.25) is 19.1 Å². The van der Waals surface area contributed by atoms with Crippen LogP contribution >= 0.6 is 0 Å². The number of hydrogen-bond acceptors (Lipinski definition) is 4. The third kappa shape index (κ3) is 3.45. The number of hydrogen-bond donors (Lipinski definition) is 0. The van der Waals surface area contributed by atoms with Gasteiger partial charge < -0.3 is 9.80 Å². The van der Waals surface area contributed by atoms with E-state index in [-0.39, 0.29) is 30.7 Å². The summed E-state index contributed by atoms with van der Waals surface area (Å²) in [6.45, 7) is 6.47. The highest BCUT2D eigenvalue weighted by atomic mass is 16.2. The van der Waals surface area contributed by atoms with Crippen LogP contribution in [0.1, 0.15) is 54.4 Å². The van der Waals surface area contributed by atoms with Crippen LogP contribution in [-0.2, 0) is 16.1 Å². The Kier molecular flexibility index (Phi) is 4.92. The van der Waals surface area contributed by atoms with E-state index in [1.807, 2.05) is 4.90 Å². The minimum atomic E-state index is -0.125. The molecule has 1 aromatic rings. The number of ketones is 1. The second-order valence-corrected chi connectivity index (χ2v) is 7.10. The van der Waals surface area contributed by atoms with Gasteiger partial charge in [-0.15, -0.1) is 0 Å². The fourth-order valence-corrected chi connectivity index (χ4v) is 4.09. The molecule has 1 aliphatic carbocycles. The number of amides is 2. The summed E-state index contributed by atoms with van der Waals surface area (Å²) in [5.41, 5.74) is 1.92.